The molecule has 2 saturated heterocycles. The van der Waals surface area contributed by atoms with Crippen molar-refractivity contribution in [2.45, 2.75) is 96.6 Å². The lowest BCUT2D eigenvalue weighted by Crippen LogP contribution is -2.71. The number of carbonyl (C=O) groups is 2. The second-order valence-corrected chi connectivity index (χ2v) is 14.3. The van der Waals surface area contributed by atoms with Crippen LogP contribution in [0, 0.1) is 39.4 Å². The van der Waals surface area contributed by atoms with Gasteiger partial charge in [0.1, 0.15) is 0 Å². The minimum Gasteiger partial charge on any atom is -0.389 e. The van der Waals surface area contributed by atoms with Crippen LogP contribution in [0.25, 0.3) is 0 Å². The molecule has 1 N–H and O–H groups in total. The van der Waals surface area contributed by atoms with E-state index in [0.29, 0.717) is 30.3 Å². The van der Waals surface area contributed by atoms with Crippen LogP contribution in [0.2, 0.25) is 0 Å². The van der Waals surface area contributed by atoms with Gasteiger partial charge in [0.15, 0.2) is 0 Å². The van der Waals surface area contributed by atoms with Crippen LogP contribution in [0.5, 0.6) is 0 Å². The predicted molar refractivity (Wildman–Crippen MR) is 139 cm³/mol. The molecule has 0 aromatic carbocycles. The highest BCUT2D eigenvalue weighted by Gasteiger charge is 2.71. The molecule has 2 heterocycles. The number of hydrogen-bond acceptors (Lipinski definition) is 4. The highest BCUT2D eigenvalue weighted by molar-refractivity contribution is 5.98. The topological polar surface area (TPSA) is 60.9 Å². The lowest BCUT2D eigenvalue weighted by molar-refractivity contribution is -0.210. The number of likely N-dealkylation sites (tertiary alicyclic amines) is 2. The first-order valence-electron chi connectivity index (χ1n) is 14.7. The van der Waals surface area contributed by atoms with Crippen molar-refractivity contribution < 1.29 is 14.7 Å². The third kappa shape index (κ3) is 2.91. The summed E-state index contributed by atoms with van der Waals surface area (Å²) in [4.78, 5) is 31.1. The number of aliphatic hydroxyl groups excluding tert-OH is 1. The van der Waals surface area contributed by atoms with E-state index in [1.807, 2.05) is 0 Å². The van der Waals surface area contributed by atoms with Gasteiger partial charge in [-0.05, 0) is 106 Å². The lowest BCUT2D eigenvalue weighted by Gasteiger charge is -2.69. The van der Waals surface area contributed by atoms with Gasteiger partial charge in [-0.25, -0.2) is 0 Å². The van der Waals surface area contributed by atoms with E-state index < -0.39 is 0 Å². The average molecular weight is 493 g/mol. The number of aliphatic hydroxyl groups is 1. The summed E-state index contributed by atoms with van der Waals surface area (Å²) in [7, 11) is 2.23. The second kappa shape index (κ2) is 7.56. The van der Waals surface area contributed by atoms with Crippen LogP contribution in [0.3, 0.4) is 0 Å². The Kier molecular flexibility index (Phi) is 4.96. The van der Waals surface area contributed by atoms with Crippen LogP contribution in [0.4, 0.5) is 0 Å². The first-order valence-corrected chi connectivity index (χ1v) is 14.7. The minimum atomic E-state index is -0.334. The normalized spacial score (nSPS) is 51.4. The van der Waals surface area contributed by atoms with E-state index in [1.165, 1.54) is 25.7 Å². The van der Waals surface area contributed by atoms with E-state index >= 15 is 0 Å². The number of piperidine rings is 1. The van der Waals surface area contributed by atoms with Gasteiger partial charge in [-0.1, -0.05) is 37.1 Å². The van der Waals surface area contributed by atoms with E-state index in [1.54, 1.807) is 17.4 Å². The van der Waals surface area contributed by atoms with Gasteiger partial charge < -0.3 is 10.0 Å². The average Bonchev–Trinajstić information content (AvgIpc) is 3.16. The Morgan fingerprint density at radius 2 is 1.92 bits per heavy atom. The van der Waals surface area contributed by atoms with E-state index in [9.17, 15) is 14.7 Å². The molecule has 5 heteroatoms. The molecule has 9 atom stereocenters. The second-order valence-electron chi connectivity index (χ2n) is 14.3. The molecule has 8 aliphatic rings. The summed E-state index contributed by atoms with van der Waals surface area (Å²) in [6.45, 7) is 5.72. The summed E-state index contributed by atoms with van der Waals surface area (Å²) < 4.78 is 0. The molecule has 3 saturated carbocycles. The van der Waals surface area contributed by atoms with Crippen LogP contribution in [0.15, 0.2) is 23.8 Å². The molecule has 0 aromatic rings. The zero-order chi connectivity index (χ0) is 25.1. The number of fused-ring (bicyclic) bond motifs is 2. The van der Waals surface area contributed by atoms with E-state index in [2.05, 4.69) is 37.1 Å². The molecule has 5 nitrogen and oxygen atoms in total. The SMILES string of the molecule is CC(=O)N1C[C@]2(C)CCC[C@]3(C1=O)[C@@H]2CC[C@@]12C=C(C[C@]45C=C[C@H](O)C[C@H]4N(C)CC5)[C@@H](CC1)C[C@H]23. The number of rotatable bonds is 2. The number of carbonyl (C=O) groups excluding carboxylic acids is 2. The number of amides is 2. The molecule has 2 amide bonds. The summed E-state index contributed by atoms with van der Waals surface area (Å²) in [6, 6.07) is 0.421. The zero-order valence-corrected chi connectivity index (χ0v) is 22.5. The van der Waals surface area contributed by atoms with Crippen molar-refractivity contribution in [2.24, 2.45) is 39.4 Å². The van der Waals surface area contributed by atoms with E-state index in [-0.39, 0.29) is 39.6 Å². The molecular formula is C31H44N2O3. The van der Waals surface area contributed by atoms with Gasteiger partial charge in [0.05, 0.1) is 11.5 Å². The van der Waals surface area contributed by atoms with Gasteiger partial charge >= 0.3 is 0 Å². The highest BCUT2D eigenvalue weighted by atomic mass is 16.3. The Bertz CT molecular complexity index is 1070. The third-order valence-corrected chi connectivity index (χ3v) is 12.8. The first kappa shape index (κ1) is 23.6. The van der Waals surface area contributed by atoms with Crippen LogP contribution in [-0.4, -0.2) is 59.0 Å². The largest absolute Gasteiger partial charge is 0.389 e. The smallest absolute Gasteiger partial charge is 0.236 e. The summed E-state index contributed by atoms with van der Waals surface area (Å²) in [5, 5.41) is 10.4. The molecule has 196 valence electrons. The van der Waals surface area contributed by atoms with E-state index in [0.717, 1.165) is 51.5 Å². The fraction of sp³-hybridized carbons (Fsp3) is 0.806. The minimum absolute atomic E-state index is 0.0514. The molecule has 6 aliphatic carbocycles. The standard InChI is InChI=1S/C31H44N2O3/c1-20(34)33-19-28(2)8-4-9-31(27(33)36)24(28)7-12-29-10-5-21(15-25(29)31)22(17-29)18-30-11-6-23(35)16-26(30)32(3)14-13-30/h6,11,17,21,23-26,35H,4-5,7-10,12-16,18-19H2,1-3H3/t21-,23-,24+,25+,26+,28-,29+,30+,31-/m0/s1. The molecule has 0 unspecified atom stereocenters. The Hall–Kier alpha value is -1.46. The fourth-order valence-electron chi connectivity index (χ4n) is 11.3. The predicted octanol–water partition coefficient (Wildman–Crippen LogP) is 4.71. The summed E-state index contributed by atoms with van der Waals surface area (Å²) in [5.74, 6) is 1.53. The quantitative estimate of drug-likeness (QED) is 0.568. The number of imide groups is 1. The molecule has 4 bridgehead atoms. The maximum atomic E-state index is 14.3. The van der Waals surface area contributed by atoms with Gasteiger partial charge in [0.2, 0.25) is 11.8 Å². The van der Waals surface area contributed by atoms with Crippen molar-refractivity contribution >= 4 is 11.8 Å². The summed E-state index contributed by atoms with van der Waals surface area (Å²) in [6.07, 6.45) is 19.2. The van der Waals surface area contributed by atoms with Gasteiger partial charge in [0.25, 0.3) is 0 Å². The Morgan fingerprint density at radius 1 is 1.11 bits per heavy atom. The monoisotopic (exact) mass is 492 g/mol. The van der Waals surface area contributed by atoms with Gasteiger partial charge in [0, 0.05) is 24.9 Å². The molecule has 2 aliphatic heterocycles. The third-order valence-electron chi connectivity index (χ3n) is 12.8. The molecule has 5 fully saturated rings. The summed E-state index contributed by atoms with van der Waals surface area (Å²) >= 11 is 0. The van der Waals surface area contributed by atoms with E-state index in [4.69, 9.17) is 0 Å². The number of nitrogens with zero attached hydrogens (tertiary/aromatic N) is 2. The Labute approximate surface area is 216 Å². The Morgan fingerprint density at radius 3 is 2.72 bits per heavy atom. The first-order chi connectivity index (χ1) is 17.1. The van der Waals surface area contributed by atoms with Gasteiger partial charge in [-0.2, -0.15) is 0 Å². The fourth-order valence-corrected chi connectivity index (χ4v) is 11.3. The van der Waals surface area contributed by atoms with Crippen molar-refractivity contribution in [1.82, 2.24) is 9.80 Å². The Balaban J connectivity index is 1.27. The zero-order valence-electron chi connectivity index (χ0n) is 22.5. The summed E-state index contributed by atoms with van der Waals surface area (Å²) in [5.41, 5.74) is 1.67. The molecule has 0 aromatic heterocycles. The van der Waals surface area contributed by atoms with Gasteiger partial charge in [-0.15, -0.1) is 0 Å². The number of allylic oxidation sites excluding steroid dienone is 2. The van der Waals surface area contributed by atoms with Crippen LogP contribution in [-0.2, 0) is 9.59 Å². The lowest BCUT2D eigenvalue weighted by atomic mass is 9.36. The molecule has 1 spiro atoms. The van der Waals surface area contributed by atoms with Crippen molar-refractivity contribution in [3.05, 3.63) is 23.8 Å². The molecule has 0 radical (unpaired) electrons. The number of hydrogen-bond donors (Lipinski definition) is 1. The van der Waals surface area contributed by atoms with Crippen LogP contribution >= 0.6 is 0 Å². The highest BCUT2D eigenvalue weighted by Crippen LogP contribution is 2.73. The maximum Gasteiger partial charge on any atom is 0.236 e. The molecule has 36 heavy (non-hydrogen) atoms. The molecule has 8 rings (SSSR count). The van der Waals surface area contributed by atoms with Crippen LogP contribution < -0.4 is 0 Å². The molecular weight excluding hydrogens is 448 g/mol. The van der Waals surface area contributed by atoms with Crippen molar-refractivity contribution in [3.8, 4) is 0 Å². The van der Waals surface area contributed by atoms with Crippen molar-refractivity contribution in [2.75, 3.05) is 20.1 Å². The van der Waals surface area contributed by atoms with Gasteiger partial charge in [-0.3, -0.25) is 14.5 Å². The van der Waals surface area contributed by atoms with Crippen molar-refractivity contribution in [1.29, 1.82) is 0 Å². The maximum absolute atomic E-state index is 14.3. The van der Waals surface area contributed by atoms with Crippen LogP contribution in [0.1, 0.15) is 84.5 Å². The van der Waals surface area contributed by atoms with Crippen molar-refractivity contribution in [3.63, 3.8) is 0 Å².